The van der Waals surface area contributed by atoms with Gasteiger partial charge in [0, 0.05) is 23.6 Å². The fourth-order valence-electron chi connectivity index (χ4n) is 2.23. The zero-order chi connectivity index (χ0) is 16.8. The Morgan fingerprint density at radius 3 is 2.39 bits per heavy atom. The molecule has 0 fully saturated rings. The molecule has 0 bridgehead atoms. The van der Waals surface area contributed by atoms with Crippen LogP contribution >= 0.6 is 0 Å². The van der Waals surface area contributed by atoms with Crippen molar-refractivity contribution in [3.05, 3.63) is 42.2 Å². The molecule has 23 heavy (non-hydrogen) atoms. The van der Waals surface area contributed by atoms with Gasteiger partial charge >= 0.3 is 11.9 Å². The molecule has 1 aromatic carbocycles. The molecule has 2 aromatic rings. The van der Waals surface area contributed by atoms with Crippen molar-refractivity contribution in [1.29, 1.82) is 0 Å². The standard InChI is InChI=1S/C16H19N3O4/c1-3-22-15(20)14(16(21)23-4-2)12-10-11(17)6-7-13(12)19-9-5-8-18-19/h5-10,14H,3-4,17H2,1-2H3. The van der Waals surface area contributed by atoms with E-state index < -0.39 is 17.9 Å². The van der Waals surface area contributed by atoms with Crippen molar-refractivity contribution in [3.8, 4) is 5.69 Å². The number of benzene rings is 1. The molecule has 0 spiro atoms. The third kappa shape index (κ3) is 3.68. The highest BCUT2D eigenvalue weighted by molar-refractivity contribution is 6.01. The highest BCUT2D eigenvalue weighted by Gasteiger charge is 2.34. The number of ether oxygens (including phenoxy) is 2. The number of rotatable bonds is 6. The molecule has 0 radical (unpaired) electrons. The fraction of sp³-hybridized carbons (Fsp3) is 0.312. The van der Waals surface area contributed by atoms with Crippen molar-refractivity contribution in [2.45, 2.75) is 19.8 Å². The summed E-state index contributed by atoms with van der Waals surface area (Å²) < 4.78 is 11.6. The molecule has 0 aliphatic rings. The fourth-order valence-corrected chi connectivity index (χ4v) is 2.23. The van der Waals surface area contributed by atoms with E-state index in [1.165, 1.54) is 0 Å². The highest BCUT2D eigenvalue weighted by Crippen LogP contribution is 2.28. The molecule has 1 heterocycles. The van der Waals surface area contributed by atoms with Gasteiger partial charge in [-0.05, 0) is 38.1 Å². The molecule has 0 saturated carbocycles. The van der Waals surface area contributed by atoms with Gasteiger partial charge in [-0.3, -0.25) is 9.59 Å². The number of carbonyl (C=O) groups excluding carboxylic acids is 2. The van der Waals surface area contributed by atoms with Gasteiger partial charge in [-0.15, -0.1) is 0 Å². The van der Waals surface area contributed by atoms with Crippen LogP contribution in [0.15, 0.2) is 36.7 Å². The van der Waals surface area contributed by atoms with E-state index in [4.69, 9.17) is 15.2 Å². The number of nitrogens with two attached hydrogens (primary N) is 1. The Hall–Kier alpha value is -2.83. The van der Waals surface area contributed by atoms with Gasteiger partial charge in [0.05, 0.1) is 18.9 Å². The number of anilines is 1. The van der Waals surface area contributed by atoms with E-state index in [0.717, 1.165) is 0 Å². The molecule has 0 unspecified atom stereocenters. The van der Waals surface area contributed by atoms with Crippen LogP contribution in [0.2, 0.25) is 0 Å². The predicted octanol–water partition coefficient (Wildman–Crippen LogP) is 1.66. The topological polar surface area (TPSA) is 96.4 Å². The Labute approximate surface area is 134 Å². The van der Waals surface area contributed by atoms with Crippen LogP contribution in [-0.2, 0) is 19.1 Å². The van der Waals surface area contributed by atoms with Gasteiger partial charge in [0.25, 0.3) is 0 Å². The first-order valence-electron chi connectivity index (χ1n) is 7.31. The van der Waals surface area contributed by atoms with Gasteiger partial charge in [-0.25, -0.2) is 4.68 Å². The normalized spacial score (nSPS) is 10.6. The van der Waals surface area contributed by atoms with Crippen molar-refractivity contribution in [2.24, 2.45) is 0 Å². The lowest BCUT2D eigenvalue weighted by atomic mass is 9.96. The molecule has 0 aliphatic carbocycles. The van der Waals surface area contributed by atoms with Crippen LogP contribution in [0.4, 0.5) is 5.69 Å². The first kappa shape index (κ1) is 16.5. The number of esters is 2. The molecule has 7 heteroatoms. The van der Waals surface area contributed by atoms with E-state index >= 15 is 0 Å². The second-order valence-corrected chi connectivity index (χ2v) is 4.71. The number of carbonyl (C=O) groups is 2. The minimum absolute atomic E-state index is 0.161. The molecule has 0 atom stereocenters. The summed E-state index contributed by atoms with van der Waals surface area (Å²) in [7, 11) is 0. The minimum Gasteiger partial charge on any atom is -0.465 e. The Morgan fingerprint density at radius 1 is 1.22 bits per heavy atom. The summed E-state index contributed by atoms with van der Waals surface area (Å²) in [4.78, 5) is 24.6. The summed E-state index contributed by atoms with van der Waals surface area (Å²) >= 11 is 0. The summed E-state index contributed by atoms with van der Waals surface area (Å²) in [6, 6.07) is 6.68. The largest absolute Gasteiger partial charge is 0.465 e. The van der Waals surface area contributed by atoms with Crippen LogP contribution in [0.25, 0.3) is 5.69 Å². The van der Waals surface area contributed by atoms with Crippen LogP contribution < -0.4 is 5.73 Å². The predicted molar refractivity (Wildman–Crippen MR) is 84.0 cm³/mol. The molecule has 2 rings (SSSR count). The average molecular weight is 317 g/mol. The van der Waals surface area contributed by atoms with Crippen molar-refractivity contribution in [1.82, 2.24) is 9.78 Å². The number of hydrogen-bond acceptors (Lipinski definition) is 6. The smallest absolute Gasteiger partial charge is 0.324 e. The van der Waals surface area contributed by atoms with Gasteiger partial charge in [0.15, 0.2) is 5.92 Å². The van der Waals surface area contributed by atoms with E-state index in [-0.39, 0.29) is 13.2 Å². The van der Waals surface area contributed by atoms with Gasteiger partial charge in [-0.2, -0.15) is 5.10 Å². The Bertz CT molecular complexity index is 665. The number of nitrogen functional groups attached to an aromatic ring is 1. The Kier molecular flexibility index (Phi) is 5.35. The average Bonchev–Trinajstić information content (AvgIpc) is 3.02. The SMILES string of the molecule is CCOC(=O)C(C(=O)OCC)c1cc(N)ccc1-n1cccn1. The van der Waals surface area contributed by atoms with Crippen molar-refractivity contribution in [3.63, 3.8) is 0 Å². The van der Waals surface area contributed by atoms with Crippen molar-refractivity contribution in [2.75, 3.05) is 18.9 Å². The number of aromatic nitrogens is 2. The zero-order valence-corrected chi connectivity index (χ0v) is 13.1. The van der Waals surface area contributed by atoms with Crippen molar-refractivity contribution < 1.29 is 19.1 Å². The number of hydrogen-bond donors (Lipinski definition) is 1. The lowest BCUT2D eigenvalue weighted by Crippen LogP contribution is -2.27. The van der Waals surface area contributed by atoms with Gasteiger partial charge in [-0.1, -0.05) is 0 Å². The van der Waals surface area contributed by atoms with E-state index in [0.29, 0.717) is 16.9 Å². The molecule has 122 valence electrons. The summed E-state index contributed by atoms with van der Waals surface area (Å²) in [5.74, 6) is -2.56. The maximum atomic E-state index is 12.3. The molecule has 1 aromatic heterocycles. The second-order valence-electron chi connectivity index (χ2n) is 4.71. The molecule has 2 N–H and O–H groups in total. The van der Waals surface area contributed by atoms with E-state index in [1.807, 2.05) is 0 Å². The molecule has 7 nitrogen and oxygen atoms in total. The zero-order valence-electron chi connectivity index (χ0n) is 13.1. The Morgan fingerprint density at radius 2 is 1.87 bits per heavy atom. The van der Waals surface area contributed by atoms with Crippen LogP contribution in [0.1, 0.15) is 25.3 Å². The first-order valence-corrected chi connectivity index (χ1v) is 7.31. The third-order valence-electron chi connectivity index (χ3n) is 3.16. The molecular formula is C16H19N3O4. The maximum absolute atomic E-state index is 12.3. The van der Waals surface area contributed by atoms with Crippen LogP contribution in [0, 0.1) is 0 Å². The van der Waals surface area contributed by atoms with Crippen molar-refractivity contribution >= 4 is 17.6 Å². The van der Waals surface area contributed by atoms with Gasteiger partial charge < -0.3 is 15.2 Å². The lowest BCUT2D eigenvalue weighted by Gasteiger charge is -2.18. The quantitative estimate of drug-likeness (QED) is 0.494. The second kappa shape index (κ2) is 7.44. The summed E-state index contributed by atoms with van der Waals surface area (Å²) in [6.45, 7) is 3.67. The lowest BCUT2D eigenvalue weighted by molar-refractivity contribution is -0.156. The summed E-state index contributed by atoms with van der Waals surface area (Å²) in [5, 5.41) is 4.14. The molecular weight excluding hydrogens is 298 g/mol. The first-order chi connectivity index (χ1) is 11.1. The van der Waals surface area contributed by atoms with E-state index in [2.05, 4.69) is 5.10 Å². The Balaban J connectivity index is 2.55. The molecule has 0 aliphatic heterocycles. The minimum atomic E-state index is -1.21. The van der Waals surface area contributed by atoms with Gasteiger partial charge in [0.1, 0.15) is 0 Å². The van der Waals surface area contributed by atoms with Gasteiger partial charge in [0.2, 0.25) is 0 Å². The van der Waals surface area contributed by atoms with Crippen LogP contribution in [0.5, 0.6) is 0 Å². The summed E-state index contributed by atoms with van der Waals surface area (Å²) in [5.41, 5.74) is 7.22. The maximum Gasteiger partial charge on any atom is 0.324 e. The number of nitrogens with zero attached hydrogens (tertiary/aromatic N) is 2. The third-order valence-corrected chi connectivity index (χ3v) is 3.16. The van der Waals surface area contributed by atoms with Crippen LogP contribution in [0.3, 0.4) is 0 Å². The monoisotopic (exact) mass is 317 g/mol. The van der Waals surface area contributed by atoms with E-state index in [1.54, 1.807) is 55.2 Å². The molecule has 0 amide bonds. The van der Waals surface area contributed by atoms with E-state index in [9.17, 15) is 9.59 Å². The summed E-state index contributed by atoms with van der Waals surface area (Å²) in [6.07, 6.45) is 3.31. The van der Waals surface area contributed by atoms with Crippen LogP contribution in [-0.4, -0.2) is 34.9 Å². The highest BCUT2D eigenvalue weighted by atomic mass is 16.6. The molecule has 0 saturated heterocycles.